The normalized spacial score (nSPS) is 25.1. The van der Waals surface area contributed by atoms with Crippen LogP contribution < -0.4 is 0 Å². The van der Waals surface area contributed by atoms with Gasteiger partial charge in [-0.25, -0.2) is 0 Å². The summed E-state index contributed by atoms with van der Waals surface area (Å²) < 4.78 is 0. The molecule has 5 atom stereocenters. The Morgan fingerprint density at radius 2 is 2.00 bits per heavy atom. The van der Waals surface area contributed by atoms with E-state index in [0.29, 0.717) is 19.3 Å². The summed E-state index contributed by atoms with van der Waals surface area (Å²) in [4.78, 5) is 22.7. The van der Waals surface area contributed by atoms with E-state index in [1.807, 2.05) is 6.92 Å². The number of aliphatic hydroxyl groups is 2. The summed E-state index contributed by atoms with van der Waals surface area (Å²) in [5, 5.41) is 29.0. The van der Waals surface area contributed by atoms with E-state index in [0.717, 1.165) is 19.3 Å². The number of carbonyl (C=O) groups excluding carboxylic acids is 1. The number of unbranched alkanes of at least 4 members (excludes halogenated alkanes) is 3. The van der Waals surface area contributed by atoms with E-state index in [2.05, 4.69) is 11.8 Å². The van der Waals surface area contributed by atoms with E-state index in [1.165, 1.54) is 0 Å². The van der Waals surface area contributed by atoms with Crippen LogP contribution in [0.4, 0.5) is 0 Å². The monoisotopic (exact) mass is 364 g/mol. The third-order valence-corrected chi connectivity index (χ3v) is 5.10. The summed E-state index contributed by atoms with van der Waals surface area (Å²) in [6, 6.07) is 0. The number of carbonyl (C=O) groups is 2. The second kappa shape index (κ2) is 11.9. The molecule has 146 valence electrons. The predicted octanol–water partition coefficient (Wildman–Crippen LogP) is 2.94. The molecule has 0 aromatic rings. The third kappa shape index (κ3) is 7.72. The van der Waals surface area contributed by atoms with Crippen LogP contribution in [0.5, 0.6) is 0 Å². The van der Waals surface area contributed by atoms with Gasteiger partial charge >= 0.3 is 5.97 Å². The van der Waals surface area contributed by atoms with Crippen molar-refractivity contribution < 1.29 is 24.9 Å². The van der Waals surface area contributed by atoms with Gasteiger partial charge in [-0.15, -0.1) is 11.8 Å². The first-order valence-electron chi connectivity index (χ1n) is 9.55. The maximum Gasteiger partial charge on any atom is 0.303 e. The number of hydrogen-bond acceptors (Lipinski definition) is 4. The van der Waals surface area contributed by atoms with Gasteiger partial charge < -0.3 is 15.3 Å². The van der Waals surface area contributed by atoms with Gasteiger partial charge in [-0.05, 0) is 25.7 Å². The lowest BCUT2D eigenvalue weighted by Gasteiger charge is -2.19. The van der Waals surface area contributed by atoms with Crippen LogP contribution in [0.15, 0.2) is 12.2 Å². The topological polar surface area (TPSA) is 94.8 Å². The highest BCUT2D eigenvalue weighted by atomic mass is 16.4. The number of ketones is 1. The molecular weight excluding hydrogens is 332 g/mol. The Morgan fingerprint density at radius 3 is 2.65 bits per heavy atom. The van der Waals surface area contributed by atoms with Crippen LogP contribution in [0.1, 0.15) is 65.2 Å². The molecule has 0 saturated heterocycles. The SMILES string of the molecule is CC#CCC(C)C(O)/C=C/[C@H]1[C@H](O)CC(=O)[C@@H]1CCCCCCC(=O)O. The molecule has 1 rings (SSSR count). The molecule has 5 nitrogen and oxygen atoms in total. The van der Waals surface area contributed by atoms with Crippen LogP contribution in [0.2, 0.25) is 0 Å². The Hall–Kier alpha value is -1.64. The maximum absolute atomic E-state index is 12.2. The molecular formula is C21H32O5. The lowest BCUT2D eigenvalue weighted by Crippen LogP contribution is -2.20. The van der Waals surface area contributed by atoms with Crippen molar-refractivity contribution in [2.45, 2.75) is 77.4 Å². The zero-order valence-electron chi connectivity index (χ0n) is 15.9. The molecule has 0 heterocycles. The smallest absolute Gasteiger partial charge is 0.303 e. The van der Waals surface area contributed by atoms with Gasteiger partial charge in [0.2, 0.25) is 0 Å². The molecule has 0 aliphatic heterocycles. The maximum atomic E-state index is 12.2. The van der Waals surface area contributed by atoms with E-state index in [1.54, 1.807) is 19.1 Å². The zero-order valence-corrected chi connectivity index (χ0v) is 15.9. The Labute approximate surface area is 156 Å². The summed E-state index contributed by atoms with van der Waals surface area (Å²) in [5.41, 5.74) is 0. The molecule has 0 radical (unpaired) electrons. The molecule has 26 heavy (non-hydrogen) atoms. The first kappa shape index (κ1) is 22.4. The zero-order chi connectivity index (χ0) is 19.5. The van der Waals surface area contributed by atoms with Crippen LogP contribution in [0, 0.1) is 29.6 Å². The van der Waals surface area contributed by atoms with Crippen molar-refractivity contribution in [1.29, 1.82) is 0 Å². The first-order chi connectivity index (χ1) is 12.4. The van der Waals surface area contributed by atoms with Crippen molar-refractivity contribution in [3.63, 3.8) is 0 Å². The van der Waals surface area contributed by atoms with Gasteiger partial charge in [0.1, 0.15) is 5.78 Å². The highest BCUT2D eigenvalue weighted by Crippen LogP contribution is 2.34. The molecule has 5 heteroatoms. The predicted molar refractivity (Wildman–Crippen MR) is 100 cm³/mol. The molecule has 0 aromatic carbocycles. The number of Topliss-reactive ketones (excluding diaryl/α,β-unsaturated/α-hetero) is 1. The van der Waals surface area contributed by atoms with Crippen LogP contribution in [0.25, 0.3) is 0 Å². The van der Waals surface area contributed by atoms with Crippen molar-refractivity contribution in [2.24, 2.45) is 17.8 Å². The molecule has 0 spiro atoms. The molecule has 0 amide bonds. The molecule has 3 N–H and O–H groups in total. The van der Waals surface area contributed by atoms with Crippen LogP contribution in [-0.4, -0.2) is 39.3 Å². The minimum absolute atomic E-state index is 0.000586. The van der Waals surface area contributed by atoms with Gasteiger partial charge in [0, 0.05) is 31.1 Å². The molecule has 0 aromatic heterocycles. The standard InChI is InChI=1S/C21H32O5/c1-3-4-9-15(2)18(22)13-12-17-16(19(23)14-20(17)24)10-7-5-6-8-11-21(25)26/h12-13,15-18,20,22,24H,5-11,14H2,1-2H3,(H,25,26)/b13-12+/t15?,16-,17-,18?,20-/m1/s1. The number of carboxylic acid groups (broad SMARTS) is 1. The molecule has 1 aliphatic carbocycles. The molecule has 1 fully saturated rings. The Bertz CT molecular complexity index is 542. The van der Waals surface area contributed by atoms with E-state index in [-0.39, 0.29) is 36.4 Å². The van der Waals surface area contributed by atoms with Crippen molar-refractivity contribution in [2.75, 3.05) is 0 Å². The van der Waals surface area contributed by atoms with E-state index in [4.69, 9.17) is 5.11 Å². The summed E-state index contributed by atoms with van der Waals surface area (Å²) in [5.74, 6) is 4.61. The lowest BCUT2D eigenvalue weighted by atomic mass is 9.88. The Balaban J connectivity index is 2.50. The molecule has 1 saturated carbocycles. The summed E-state index contributed by atoms with van der Waals surface area (Å²) in [6.07, 6.45) is 7.05. The Kier molecular flexibility index (Phi) is 10.2. The van der Waals surface area contributed by atoms with Gasteiger partial charge in [0.25, 0.3) is 0 Å². The van der Waals surface area contributed by atoms with Crippen molar-refractivity contribution in [3.05, 3.63) is 12.2 Å². The highest BCUT2D eigenvalue weighted by Gasteiger charge is 2.39. The van der Waals surface area contributed by atoms with Gasteiger partial charge in [0.15, 0.2) is 0 Å². The first-order valence-corrected chi connectivity index (χ1v) is 9.55. The van der Waals surface area contributed by atoms with E-state index in [9.17, 15) is 19.8 Å². The fourth-order valence-corrected chi connectivity index (χ4v) is 3.40. The van der Waals surface area contributed by atoms with Crippen LogP contribution >= 0.6 is 0 Å². The number of hydrogen-bond donors (Lipinski definition) is 3. The van der Waals surface area contributed by atoms with Crippen LogP contribution in [0.3, 0.4) is 0 Å². The van der Waals surface area contributed by atoms with E-state index < -0.39 is 18.2 Å². The molecule has 1 aliphatic rings. The van der Waals surface area contributed by atoms with Gasteiger partial charge in [-0.3, -0.25) is 9.59 Å². The average molecular weight is 364 g/mol. The lowest BCUT2D eigenvalue weighted by molar-refractivity contribution is -0.137. The van der Waals surface area contributed by atoms with Crippen LogP contribution in [-0.2, 0) is 9.59 Å². The highest BCUT2D eigenvalue weighted by molar-refractivity contribution is 5.84. The van der Waals surface area contributed by atoms with Crippen molar-refractivity contribution in [1.82, 2.24) is 0 Å². The number of rotatable bonds is 11. The number of aliphatic hydroxyl groups excluding tert-OH is 2. The summed E-state index contributed by atoms with van der Waals surface area (Å²) in [7, 11) is 0. The largest absolute Gasteiger partial charge is 0.481 e. The van der Waals surface area contributed by atoms with Gasteiger partial charge in [-0.1, -0.05) is 38.3 Å². The third-order valence-electron chi connectivity index (χ3n) is 5.10. The minimum atomic E-state index is -0.776. The number of aliphatic carboxylic acids is 1. The molecule has 2 unspecified atom stereocenters. The molecule has 0 bridgehead atoms. The quantitative estimate of drug-likeness (QED) is 0.298. The van der Waals surface area contributed by atoms with E-state index >= 15 is 0 Å². The fourth-order valence-electron chi connectivity index (χ4n) is 3.40. The Morgan fingerprint density at radius 1 is 1.31 bits per heavy atom. The average Bonchev–Trinajstić information content (AvgIpc) is 2.86. The number of carboxylic acids is 1. The van der Waals surface area contributed by atoms with Crippen molar-refractivity contribution in [3.8, 4) is 11.8 Å². The minimum Gasteiger partial charge on any atom is -0.481 e. The summed E-state index contributed by atoms with van der Waals surface area (Å²) in [6.45, 7) is 3.69. The second-order valence-electron chi connectivity index (χ2n) is 7.25. The van der Waals surface area contributed by atoms with Gasteiger partial charge in [-0.2, -0.15) is 0 Å². The fraction of sp³-hybridized carbons (Fsp3) is 0.714. The summed E-state index contributed by atoms with van der Waals surface area (Å²) >= 11 is 0. The second-order valence-corrected chi connectivity index (χ2v) is 7.25. The van der Waals surface area contributed by atoms with Crippen molar-refractivity contribution >= 4 is 11.8 Å². The van der Waals surface area contributed by atoms with Gasteiger partial charge in [0.05, 0.1) is 12.2 Å².